The van der Waals surface area contributed by atoms with Crippen LogP contribution in [0.2, 0.25) is 0 Å². The molecule has 0 aliphatic carbocycles. The molecule has 1 aliphatic rings. The fourth-order valence-corrected chi connectivity index (χ4v) is 3.45. The Morgan fingerprint density at radius 1 is 1.45 bits per heavy atom. The standard InChI is InChI=1S/C17H23N3O2/c1-11-8-15(13(3)22-11)12(2)17(21)20-7-5-6-16(20)14-9-18-19(4)10-14/h8-10,12,16H,5-7H2,1-4H3. The Balaban J connectivity index is 1.83. The van der Waals surface area contributed by atoms with Gasteiger partial charge in [-0.3, -0.25) is 9.48 Å². The molecule has 0 radical (unpaired) electrons. The topological polar surface area (TPSA) is 51.3 Å². The van der Waals surface area contributed by atoms with Crippen molar-refractivity contribution in [3.8, 4) is 0 Å². The Bertz CT molecular complexity index is 686. The largest absolute Gasteiger partial charge is 0.466 e. The summed E-state index contributed by atoms with van der Waals surface area (Å²) in [5.41, 5.74) is 2.12. The van der Waals surface area contributed by atoms with Crippen molar-refractivity contribution in [2.24, 2.45) is 7.05 Å². The summed E-state index contributed by atoms with van der Waals surface area (Å²) in [7, 11) is 1.91. The zero-order valence-electron chi connectivity index (χ0n) is 13.7. The predicted octanol–water partition coefficient (Wildman–Crippen LogP) is 3.10. The number of aromatic nitrogens is 2. The summed E-state index contributed by atoms with van der Waals surface area (Å²) in [5.74, 6) is 1.71. The van der Waals surface area contributed by atoms with Gasteiger partial charge in [-0.05, 0) is 39.7 Å². The first-order valence-electron chi connectivity index (χ1n) is 7.83. The third-order valence-corrected chi connectivity index (χ3v) is 4.56. The van der Waals surface area contributed by atoms with Gasteiger partial charge in [0.1, 0.15) is 11.5 Å². The lowest BCUT2D eigenvalue weighted by Gasteiger charge is -2.27. The molecule has 1 aliphatic heterocycles. The Kier molecular flexibility index (Phi) is 3.81. The normalized spacial score (nSPS) is 19.6. The van der Waals surface area contributed by atoms with E-state index in [1.165, 1.54) is 0 Å². The number of likely N-dealkylation sites (tertiary alicyclic amines) is 1. The van der Waals surface area contributed by atoms with Gasteiger partial charge < -0.3 is 9.32 Å². The fourth-order valence-electron chi connectivity index (χ4n) is 3.45. The van der Waals surface area contributed by atoms with E-state index in [0.29, 0.717) is 0 Å². The first-order chi connectivity index (χ1) is 10.5. The molecule has 5 nitrogen and oxygen atoms in total. The van der Waals surface area contributed by atoms with Crippen molar-refractivity contribution in [1.82, 2.24) is 14.7 Å². The fraction of sp³-hybridized carbons (Fsp3) is 0.529. The van der Waals surface area contributed by atoms with E-state index in [4.69, 9.17) is 4.42 Å². The summed E-state index contributed by atoms with van der Waals surface area (Å²) < 4.78 is 7.37. The number of nitrogens with zero attached hydrogens (tertiary/aromatic N) is 3. The van der Waals surface area contributed by atoms with Gasteiger partial charge in [-0.15, -0.1) is 0 Å². The highest BCUT2D eigenvalue weighted by Crippen LogP contribution is 2.35. The molecule has 1 amide bonds. The van der Waals surface area contributed by atoms with E-state index in [1.807, 2.05) is 51.2 Å². The Morgan fingerprint density at radius 3 is 2.82 bits per heavy atom. The van der Waals surface area contributed by atoms with Crippen LogP contribution in [0.4, 0.5) is 0 Å². The number of aryl methyl sites for hydroxylation is 3. The first-order valence-corrected chi connectivity index (χ1v) is 7.83. The number of carbonyl (C=O) groups is 1. The SMILES string of the molecule is Cc1cc(C(C)C(=O)N2CCCC2c2cnn(C)c2)c(C)o1. The van der Waals surface area contributed by atoms with Crippen LogP contribution in [0.25, 0.3) is 0 Å². The second kappa shape index (κ2) is 5.63. The van der Waals surface area contributed by atoms with Crippen LogP contribution in [0.3, 0.4) is 0 Å². The second-order valence-corrected chi connectivity index (χ2v) is 6.23. The van der Waals surface area contributed by atoms with Gasteiger partial charge in [-0.2, -0.15) is 5.10 Å². The molecule has 0 aromatic carbocycles. The minimum Gasteiger partial charge on any atom is -0.466 e. The predicted molar refractivity (Wildman–Crippen MR) is 83.5 cm³/mol. The smallest absolute Gasteiger partial charge is 0.230 e. The minimum atomic E-state index is -0.172. The van der Waals surface area contributed by atoms with E-state index in [2.05, 4.69) is 5.10 Å². The maximum Gasteiger partial charge on any atom is 0.230 e. The maximum absolute atomic E-state index is 13.0. The third kappa shape index (κ3) is 2.56. The van der Waals surface area contributed by atoms with Crippen molar-refractivity contribution in [3.05, 3.63) is 41.1 Å². The van der Waals surface area contributed by atoms with E-state index >= 15 is 0 Å². The summed E-state index contributed by atoms with van der Waals surface area (Å²) in [4.78, 5) is 15.0. The van der Waals surface area contributed by atoms with Gasteiger partial charge in [0.05, 0.1) is 18.2 Å². The molecule has 2 atom stereocenters. The van der Waals surface area contributed by atoms with Crippen LogP contribution in [-0.4, -0.2) is 27.1 Å². The molecule has 3 heterocycles. The second-order valence-electron chi connectivity index (χ2n) is 6.23. The zero-order valence-corrected chi connectivity index (χ0v) is 13.7. The van der Waals surface area contributed by atoms with Crippen LogP contribution in [0.15, 0.2) is 22.9 Å². The van der Waals surface area contributed by atoms with Gasteiger partial charge in [0.15, 0.2) is 0 Å². The number of hydrogen-bond donors (Lipinski definition) is 0. The highest BCUT2D eigenvalue weighted by atomic mass is 16.3. The molecular weight excluding hydrogens is 278 g/mol. The molecule has 0 bridgehead atoms. The Labute approximate surface area is 130 Å². The molecule has 0 spiro atoms. The van der Waals surface area contributed by atoms with Gasteiger partial charge in [0.25, 0.3) is 0 Å². The van der Waals surface area contributed by atoms with Gasteiger partial charge in [0.2, 0.25) is 5.91 Å². The summed E-state index contributed by atoms with van der Waals surface area (Å²) in [5, 5.41) is 4.24. The first kappa shape index (κ1) is 14.9. The third-order valence-electron chi connectivity index (χ3n) is 4.56. The molecule has 2 unspecified atom stereocenters. The molecule has 118 valence electrons. The van der Waals surface area contributed by atoms with Crippen molar-refractivity contribution in [1.29, 1.82) is 0 Å². The van der Waals surface area contributed by atoms with Gasteiger partial charge in [0, 0.05) is 30.9 Å². The van der Waals surface area contributed by atoms with E-state index in [9.17, 15) is 4.79 Å². The number of amides is 1. The highest BCUT2D eigenvalue weighted by molar-refractivity contribution is 5.84. The minimum absolute atomic E-state index is 0.150. The molecule has 1 saturated heterocycles. The molecule has 1 fully saturated rings. The number of carbonyl (C=O) groups excluding carboxylic acids is 1. The van der Waals surface area contributed by atoms with Crippen LogP contribution in [-0.2, 0) is 11.8 Å². The summed E-state index contributed by atoms with van der Waals surface area (Å²) in [6.07, 6.45) is 5.93. The van der Waals surface area contributed by atoms with E-state index in [-0.39, 0.29) is 17.9 Å². The Hall–Kier alpha value is -2.04. The molecule has 2 aromatic rings. The van der Waals surface area contributed by atoms with Crippen molar-refractivity contribution in [2.75, 3.05) is 6.54 Å². The number of furan rings is 1. The molecule has 5 heteroatoms. The monoisotopic (exact) mass is 301 g/mol. The van der Waals surface area contributed by atoms with E-state index in [0.717, 1.165) is 42.0 Å². The average molecular weight is 301 g/mol. The summed E-state index contributed by atoms with van der Waals surface area (Å²) in [6.45, 7) is 6.63. The maximum atomic E-state index is 13.0. The molecule has 22 heavy (non-hydrogen) atoms. The summed E-state index contributed by atoms with van der Waals surface area (Å²) >= 11 is 0. The van der Waals surface area contributed by atoms with Gasteiger partial charge in [-0.1, -0.05) is 0 Å². The molecular formula is C17H23N3O2. The average Bonchev–Trinajstić information content (AvgIpc) is 3.17. The van der Waals surface area contributed by atoms with E-state index < -0.39 is 0 Å². The molecule has 2 aromatic heterocycles. The van der Waals surface area contributed by atoms with Crippen molar-refractivity contribution < 1.29 is 9.21 Å². The molecule has 0 saturated carbocycles. The number of rotatable bonds is 3. The lowest BCUT2D eigenvalue weighted by molar-refractivity contribution is -0.133. The van der Waals surface area contributed by atoms with Crippen LogP contribution in [0, 0.1) is 13.8 Å². The Morgan fingerprint density at radius 2 is 2.23 bits per heavy atom. The van der Waals surface area contributed by atoms with Crippen molar-refractivity contribution >= 4 is 5.91 Å². The van der Waals surface area contributed by atoms with Gasteiger partial charge >= 0.3 is 0 Å². The zero-order chi connectivity index (χ0) is 15.9. The van der Waals surface area contributed by atoms with Crippen molar-refractivity contribution in [2.45, 2.75) is 45.6 Å². The van der Waals surface area contributed by atoms with E-state index in [1.54, 1.807) is 4.68 Å². The molecule has 0 N–H and O–H groups in total. The van der Waals surface area contributed by atoms with Gasteiger partial charge in [-0.25, -0.2) is 0 Å². The lowest BCUT2D eigenvalue weighted by atomic mass is 9.99. The number of hydrogen-bond acceptors (Lipinski definition) is 3. The van der Waals surface area contributed by atoms with Crippen molar-refractivity contribution in [3.63, 3.8) is 0 Å². The summed E-state index contributed by atoms with van der Waals surface area (Å²) in [6, 6.07) is 2.13. The lowest BCUT2D eigenvalue weighted by Crippen LogP contribution is -2.33. The van der Waals surface area contributed by atoms with Crippen LogP contribution >= 0.6 is 0 Å². The highest BCUT2D eigenvalue weighted by Gasteiger charge is 2.34. The van der Waals surface area contributed by atoms with Crippen LogP contribution in [0.5, 0.6) is 0 Å². The van der Waals surface area contributed by atoms with Crippen LogP contribution < -0.4 is 0 Å². The van der Waals surface area contributed by atoms with Crippen LogP contribution in [0.1, 0.15) is 54.4 Å². The quantitative estimate of drug-likeness (QED) is 0.875. The molecule has 3 rings (SSSR count).